The number of carbonyl (C=O) groups is 1. The summed E-state index contributed by atoms with van der Waals surface area (Å²) in [5.41, 5.74) is 7.25. The van der Waals surface area contributed by atoms with Gasteiger partial charge in [-0.15, -0.1) is 11.8 Å². The van der Waals surface area contributed by atoms with E-state index in [1.54, 1.807) is 0 Å². The molecule has 0 saturated heterocycles. The van der Waals surface area contributed by atoms with Crippen LogP contribution in [0.4, 0.5) is 10.8 Å². The predicted octanol–water partition coefficient (Wildman–Crippen LogP) is 4.29. The summed E-state index contributed by atoms with van der Waals surface area (Å²) in [5.74, 6) is 0.259. The first-order valence-corrected chi connectivity index (χ1v) is 8.95. The summed E-state index contributed by atoms with van der Waals surface area (Å²) in [4.78, 5) is 16.1. The fraction of sp³-hybridized carbons (Fsp3) is 0.167. The van der Waals surface area contributed by atoms with Gasteiger partial charge in [-0.3, -0.25) is 4.79 Å². The molecule has 0 aliphatic heterocycles. The molecule has 0 aliphatic rings. The van der Waals surface area contributed by atoms with E-state index in [2.05, 4.69) is 42.2 Å². The first-order valence-electron chi connectivity index (χ1n) is 5.56. The standard InChI is InChI=1S/C12H11Br2N3OS2/c1-6-11(20-12(15)16-6)19-5-10(18)17-9-3-2-7(13)4-8(9)14/h2-4H,5H2,1H3,(H2,15,16)(H,17,18). The largest absolute Gasteiger partial charge is 0.375 e. The molecule has 1 aromatic heterocycles. The number of amides is 1. The first kappa shape index (κ1) is 15.8. The zero-order valence-corrected chi connectivity index (χ0v) is 15.2. The van der Waals surface area contributed by atoms with Gasteiger partial charge in [-0.05, 0) is 41.1 Å². The Labute approximate surface area is 141 Å². The molecule has 4 nitrogen and oxygen atoms in total. The van der Waals surface area contributed by atoms with Gasteiger partial charge in [0.1, 0.15) is 0 Å². The molecule has 8 heteroatoms. The van der Waals surface area contributed by atoms with Crippen LogP contribution in [-0.4, -0.2) is 16.6 Å². The molecule has 0 aliphatic carbocycles. The number of thioether (sulfide) groups is 1. The summed E-state index contributed by atoms with van der Waals surface area (Å²) < 4.78 is 2.77. The van der Waals surface area contributed by atoms with Gasteiger partial charge in [0.2, 0.25) is 5.91 Å². The summed E-state index contributed by atoms with van der Waals surface area (Å²) >= 11 is 9.63. The average molecular weight is 437 g/mol. The summed E-state index contributed by atoms with van der Waals surface area (Å²) in [6.07, 6.45) is 0. The first-order chi connectivity index (χ1) is 9.45. The Bertz CT molecular complexity index is 646. The molecular weight excluding hydrogens is 426 g/mol. The molecule has 0 spiro atoms. The van der Waals surface area contributed by atoms with E-state index in [4.69, 9.17) is 5.73 Å². The van der Waals surface area contributed by atoms with Gasteiger partial charge in [-0.1, -0.05) is 27.3 Å². The highest BCUT2D eigenvalue weighted by Gasteiger charge is 2.10. The number of aromatic nitrogens is 1. The van der Waals surface area contributed by atoms with Gasteiger partial charge in [-0.2, -0.15) is 0 Å². The minimum atomic E-state index is -0.0654. The second kappa shape index (κ2) is 6.93. The number of halogens is 2. The third kappa shape index (κ3) is 4.21. The van der Waals surface area contributed by atoms with Gasteiger partial charge >= 0.3 is 0 Å². The second-order valence-corrected chi connectivity index (χ2v) is 7.93. The number of nitrogens with zero attached hydrogens (tertiary/aromatic N) is 1. The third-order valence-corrected chi connectivity index (χ3v) is 5.81. The highest BCUT2D eigenvalue weighted by Crippen LogP contribution is 2.31. The zero-order valence-electron chi connectivity index (χ0n) is 10.4. The molecule has 0 unspecified atom stereocenters. The minimum Gasteiger partial charge on any atom is -0.375 e. The maximum Gasteiger partial charge on any atom is 0.234 e. The van der Waals surface area contributed by atoms with Gasteiger partial charge in [0.15, 0.2) is 5.13 Å². The lowest BCUT2D eigenvalue weighted by Crippen LogP contribution is -2.14. The number of thiazole rings is 1. The van der Waals surface area contributed by atoms with Crippen molar-refractivity contribution in [1.29, 1.82) is 0 Å². The van der Waals surface area contributed by atoms with E-state index >= 15 is 0 Å². The number of nitrogen functional groups attached to an aromatic ring is 1. The molecule has 3 N–H and O–H groups in total. The van der Waals surface area contributed by atoms with Crippen LogP contribution >= 0.6 is 55.0 Å². The quantitative estimate of drug-likeness (QED) is 0.701. The Hall–Kier alpha value is -0.570. The number of hydrogen-bond acceptors (Lipinski definition) is 5. The van der Waals surface area contributed by atoms with Crippen molar-refractivity contribution < 1.29 is 4.79 Å². The van der Waals surface area contributed by atoms with E-state index in [1.807, 2.05) is 25.1 Å². The lowest BCUT2D eigenvalue weighted by Gasteiger charge is -2.07. The van der Waals surface area contributed by atoms with Gasteiger partial charge in [0.25, 0.3) is 0 Å². The fourth-order valence-corrected chi connectivity index (χ4v) is 4.41. The smallest absolute Gasteiger partial charge is 0.234 e. The summed E-state index contributed by atoms with van der Waals surface area (Å²) in [6, 6.07) is 5.60. The van der Waals surface area contributed by atoms with Gasteiger partial charge < -0.3 is 11.1 Å². The van der Waals surface area contributed by atoms with Crippen LogP contribution in [0.15, 0.2) is 31.4 Å². The highest BCUT2D eigenvalue weighted by atomic mass is 79.9. The average Bonchev–Trinajstić information content (AvgIpc) is 2.69. The van der Waals surface area contributed by atoms with Crippen LogP contribution in [-0.2, 0) is 4.79 Å². The van der Waals surface area contributed by atoms with Crippen LogP contribution in [0.5, 0.6) is 0 Å². The summed E-state index contributed by atoms with van der Waals surface area (Å²) in [5, 5.41) is 3.39. The van der Waals surface area contributed by atoms with Crippen molar-refractivity contribution in [3.8, 4) is 0 Å². The third-order valence-electron chi connectivity index (χ3n) is 2.31. The lowest BCUT2D eigenvalue weighted by atomic mass is 10.3. The van der Waals surface area contributed by atoms with Crippen LogP contribution in [0, 0.1) is 6.92 Å². The van der Waals surface area contributed by atoms with Crippen molar-refractivity contribution in [3.05, 3.63) is 32.8 Å². The van der Waals surface area contributed by atoms with Crippen LogP contribution in [0.2, 0.25) is 0 Å². The van der Waals surface area contributed by atoms with Gasteiger partial charge in [0.05, 0.1) is 21.3 Å². The molecular formula is C12H11Br2N3OS2. The lowest BCUT2D eigenvalue weighted by molar-refractivity contribution is -0.113. The minimum absolute atomic E-state index is 0.0654. The van der Waals surface area contributed by atoms with Crippen LogP contribution in [0.1, 0.15) is 5.69 Å². The topological polar surface area (TPSA) is 68.0 Å². The fourth-order valence-electron chi connectivity index (χ4n) is 1.44. The highest BCUT2D eigenvalue weighted by molar-refractivity contribution is 9.11. The molecule has 2 aromatic rings. The second-order valence-electron chi connectivity index (χ2n) is 3.89. The molecule has 1 amide bonds. The van der Waals surface area contributed by atoms with Gasteiger partial charge in [0, 0.05) is 8.95 Å². The maximum atomic E-state index is 11.9. The SMILES string of the molecule is Cc1nc(N)sc1SCC(=O)Nc1ccc(Br)cc1Br. The molecule has 1 aromatic carbocycles. The monoisotopic (exact) mass is 435 g/mol. The van der Waals surface area contributed by atoms with E-state index in [9.17, 15) is 4.79 Å². The molecule has 1 heterocycles. The number of carbonyl (C=O) groups excluding carboxylic acids is 1. The number of hydrogen-bond donors (Lipinski definition) is 2. The molecule has 0 atom stereocenters. The number of rotatable bonds is 4. The van der Waals surface area contributed by atoms with Crippen LogP contribution in [0.25, 0.3) is 0 Å². The molecule has 106 valence electrons. The van der Waals surface area contributed by atoms with E-state index in [0.29, 0.717) is 10.9 Å². The molecule has 0 bridgehead atoms. The number of aryl methyl sites for hydroxylation is 1. The maximum absolute atomic E-state index is 11.9. The Balaban J connectivity index is 1.94. The van der Waals surface area contributed by atoms with Gasteiger partial charge in [-0.25, -0.2) is 4.98 Å². The Kier molecular flexibility index (Phi) is 5.48. The summed E-state index contributed by atoms with van der Waals surface area (Å²) in [7, 11) is 0. The van der Waals surface area contributed by atoms with Crippen LogP contribution in [0.3, 0.4) is 0 Å². The van der Waals surface area contributed by atoms with E-state index < -0.39 is 0 Å². The number of nitrogens with one attached hydrogen (secondary N) is 1. The van der Waals surface area contributed by atoms with Crippen molar-refractivity contribution in [2.75, 3.05) is 16.8 Å². The molecule has 0 saturated carbocycles. The Morgan fingerprint density at radius 3 is 2.85 bits per heavy atom. The predicted molar refractivity (Wildman–Crippen MR) is 92.5 cm³/mol. The number of anilines is 2. The number of benzene rings is 1. The van der Waals surface area contributed by atoms with Crippen molar-refractivity contribution in [3.63, 3.8) is 0 Å². The zero-order chi connectivity index (χ0) is 14.7. The normalized spacial score (nSPS) is 10.6. The van der Waals surface area contributed by atoms with Crippen molar-refractivity contribution in [2.45, 2.75) is 11.1 Å². The van der Waals surface area contributed by atoms with E-state index in [1.165, 1.54) is 23.1 Å². The van der Waals surface area contributed by atoms with Crippen LogP contribution < -0.4 is 11.1 Å². The Morgan fingerprint density at radius 1 is 1.50 bits per heavy atom. The molecule has 0 fully saturated rings. The summed E-state index contributed by atoms with van der Waals surface area (Å²) in [6.45, 7) is 1.89. The number of nitrogens with two attached hydrogens (primary N) is 1. The molecule has 0 radical (unpaired) electrons. The molecule has 2 rings (SSSR count). The van der Waals surface area contributed by atoms with E-state index in [0.717, 1.165) is 24.5 Å². The van der Waals surface area contributed by atoms with Crippen molar-refractivity contribution >= 4 is 71.7 Å². The molecule has 20 heavy (non-hydrogen) atoms. The van der Waals surface area contributed by atoms with E-state index in [-0.39, 0.29) is 5.91 Å². The van der Waals surface area contributed by atoms with Crippen molar-refractivity contribution in [1.82, 2.24) is 4.98 Å². The van der Waals surface area contributed by atoms with Crippen molar-refractivity contribution in [2.24, 2.45) is 0 Å². The Morgan fingerprint density at radius 2 is 2.25 bits per heavy atom.